The number of benzene rings is 3. The Morgan fingerprint density at radius 1 is 1.10 bits per heavy atom. The largest absolute Gasteiger partial charge is 0.493 e. The van der Waals surface area contributed by atoms with Gasteiger partial charge in [0.1, 0.15) is 11.4 Å². The fourth-order valence-electron chi connectivity index (χ4n) is 6.79. The van der Waals surface area contributed by atoms with Crippen LogP contribution in [0.5, 0.6) is 5.75 Å². The van der Waals surface area contributed by atoms with Gasteiger partial charge in [0.25, 0.3) is 0 Å². The third kappa shape index (κ3) is 3.45. The Labute approximate surface area is 233 Å². The molecule has 7 rings (SSSR count). The molecule has 3 saturated heterocycles. The predicted octanol–water partition coefficient (Wildman–Crippen LogP) is 4.10. The Morgan fingerprint density at radius 3 is 2.58 bits per heavy atom. The monoisotopic (exact) mass is 552 g/mol. The molecule has 0 spiro atoms. The van der Waals surface area contributed by atoms with Gasteiger partial charge in [0.2, 0.25) is 11.8 Å². The summed E-state index contributed by atoms with van der Waals surface area (Å²) in [4.78, 5) is 30.2. The van der Waals surface area contributed by atoms with E-state index in [2.05, 4.69) is 15.7 Å². The Bertz CT molecular complexity index is 1700. The summed E-state index contributed by atoms with van der Waals surface area (Å²) in [5, 5.41) is 25.8. The van der Waals surface area contributed by atoms with E-state index in [1.54, 1.807) is 31.3 Å². The number of nitrogens with zero attached hydrogens (tertiary/aromatic N) is 4. The molecule has 1 aromatic heterocycles. The Kier molecular flexibility index (Phi) is 5.54. The Morgan fingerprint density at radius 2 is 1.85 bits per heavy atom. The molecule has 3 fully saturated rings. The van der Waals surface area contributed by atoms with E-state index in [1.807, 2.05) is 42.5 Å². The molecule has 0 aliphatic carbocycles. The van der Waals surface area contributed by atoms with Crippen LogP contribution in [-0.4, -0.2) is 50.4 Å². The van der Waals surface area contributed by atoms with Crippen LogP contribution in [0, 0.1) is 23.2 Å². The number of amides is 2. The second kappa shape index (κ2) is 8.93. The van der Waals surface area contributed by atoms with E-state index in [0.29, 0.717) is 34.2 Å². The summed E-state index contributed by atoms with van der Waals surface area (Å²) in [6.07, 6.45) is 1.39. The first kappa shape index (κ1) is 24.8. The number of imide groups is 1. The molecule has 10 heteroatoms. The van der Waals surface area contributed by atoms with Crippen LogP contribution in [0.3, 0.4) is 0 Å². The van der Waals surface area contributed by atoms with Crippen LogP contribution < -0.4 is 9.64 Å². The number of hydrogen-bond donors (Lipinski definition) is 1. The quantitative estimate of drug-likeness (QED) is 0.355. The fraction of sp³-hybridized carbons (Fsp3) is 0.300. The summed E-state index contributed by atoms with van der Waals surface area (Å²) in [5.41, 5.74) is -0.312. The Hall–Kier alpha value is -4.17. The SMILES string of the molecule is C[C@@]12O[C@@](CCOc3ccc(-c4cnns4)cc3)(C[C@H]1O)[C@@H]1C(=O)N(c3ccc(C#N)c4ccccc34)C(=O)[C@@H]12. The summed E-state index contributed by atoms with van der Waals surface area (Å²) in [5.74, 6) is -1.63. The van der Waals surface area contributed by atoms with Crippen LogP contribution in [0.15, 0.2) is 66.9 Å². The van der Waals surface area contributed by atoms with Crippen LogP contribution in [0.1, 0.15) is 25.3 Å². The van der Waals surface area contributed by atoms with E-state index >= 15 is 0 Å². The zero-order chi connectivity index (χ0) is 27.6. The summed E-state index contributed by atoms with van der Waals surface area (Å²) in [7, 11) is 0. The van der Waals surface area contributed by atoms with Gasteiger partial charge in [0.05, 0.1) is 58.5 Å². The van der Waals surface area contributed by atoms with Gasteiger partial charge in [0.15, 0.2) is 0 Å². The topological polar surface area (TPSA) is 126 Å². The van der Waals surface area contributed by atoms with Gasteiger partial charge in [0, 0.05) is 23.6 Å². The summed E-state index contributed by atoms with van der Waals surface area (Å²) in [6.45, 7) is 1.97. The summed E-state index contributed by atoms with van der Waals surface area (Å²) in [6, 6.07) is 20.3. The number of aromatic nitrogens is 2. The van der Waals surface area contributed by atoms with Gasteiger partial charge in [-0.05, 0) is 60.4 Å². The van der Waals surface area contributed by atoms with Crippen molar-refractivity contribution in [3.05, 3.63) is 72.4 Å². The molecule has 4 aromatic rings. The van der Waals surface area contributed by atoms with Crippen molar-refractivity contribution in [1.82, 2.24) is 9.59 Å². The number of aliphatic hydroxyl groups is 1. The van der Waals surface area contributed by atoms with Crippen molar-refractivity contribution >= 4 is 39.8 Å². The normalized spacial score (nSPS) is 28.7. The van der Waals surface area contributed by atoms with Crippen LogP contribution in [0.25, 0.3) is 21.2 Å². The van der Waals surface area contributed by atoms with Crippen molar-refractivity contribution in [2.45, 2.75) is 37.1 Å². The highest BCUT2D eigenvalue weighted by Crippen LogP contribution is 2.62. The number of anilines is 1. The number of carbonyl (C=O) groups excluding carboxylic acids is 2. The summed E-state index contributed by atoms with van der Waals surface area (Å²) < 4.78 is 16.3. The molecule has 3 aliphatic rings. The first-order valence-corrected chi connectivity index (χ1v) is 13.8. The average Bonchev–Trinajstić information content (AvgIpc) is 3.70. The lowest BCUT2D eigenvalue weighted by molar-refractivity contribution is -0.134. The summed E-state index contributed by atoms with van der Waals surface area (Å²) >= 11 is 1.31. The highest BCUT2D eigenvalue weighted by molar-refractivity contribution is 7.09. The minimum absolute atomic E-state index is 0.242. The molecule has 2 amide bonds. The standard InChI is InChI=1S/C30H24N4O5S/c1-29-24(35)14-30(39-29,12-13-38-19-9-6-17(7-10-19)23-16-32-33-40-23)26-25(29)27(36)34(28(26)37)22-11-8-18(15-31)20-4-2-3-5-21(20)22/h2-11,16,24-26,35H,12-14H2,1H3/t24-,25-,26+,29-,30+/m1/s1. The lowest BCUT2D eigenvalue weighted by Gasteiger charge is -2.33. The molecular weight excluding hydrogens is 528 g/mol. The maximum atomic E-state index is 14.1. The molecule has 3 aliphatic heterocycles. The molecule has 3 aromatic carbocycles. The van der Waals surface area contributed by atoms with E-state index in [0.717, 1.165) is 10.4 Å². The van der Waals surface area contributed by atoms with Gasteiger partial charge in [-0.3, -0.25) is 9.59 Å². The van der Waals surface area contributed by atoms with Crippen LogP contribution in [-0.2, 0) is 14.3 Å². The number of nitriles is 1. The van der Waals surface area contributed by atoms with Crippen molar-refractivity contribution in [2.24, 2.45) is 11.8 Å². The molecule has 1 N–H and O–H groups in total. The first-order chi connectivity index (χ1) is 19.4. The van der Waals surface area contributed by atoms with Gasteiger partial charge in [-0.25, -0.2) is 4.90 Å². The number of fused-ring (bicyclic) bond motifs is 6. The van der Waals surface area contributed by atoms with E-state index in [1.165, 1.54) is 16.4 Å². The second-order valence-corrected chi connectivity index (χ2v) is 11.5. The maximum absolute atomic E-state index is 14.1. The van der Waals surface area contributed by atoms with E-state index in [9.17, 15) is 20.0 Å². The van der Waals surface area contributed by atoms with Gasteiger partial charge in [-0.15, -0.1) is 5.10 Å². The van der Waals surface area contributed by atoms with Gasteiger partial charge in [-0.1, -0.05) is 28.8 Å². The maximum Gasteiger partial charge on any atom is 0.240 e. The lowest BCUT2D eigenvalue weighted by atomic mass is 9.66. The molecule has 0 radical (unpaired) electrons. The van der Waals surface area contributed by atoms with Crippen molar-refractivity contribution in [1.29, 1.82) is 5.26 Å². The van der Waals surface area contributed by atoms with Crippen molar-refractivity contribution in [3.8, 4) is 22.3 Å². The van der Waals surface area contributed by atoms with E-state index < -0.39 is 29.1 Å². The van der Waals surface area contributed by atoms with Gasteiger partial charge in [-0.2, -0.15) is 5.26 Å². The molecular formula is C30H24N4O5S. The Balaban J connectivity index is 1.17. The van der Waals surface area contributed by atoms with Crippen molar-refractivity contribution < 1.29 is 24.2 Å². The number of ether oxygens (including phenoxy) is 2. The molecule has 200 valence electrons. The van der Waals surface area contributed by atoms with Crippen molar-refractivity contribution in [2.75, 3.05) is 11.5 Å². The molecule has 5 atom stereocenters. The highest BCUT2D eigenvalue weighted by atomic mass is 32.1. The minimum atomic E-state index is -1.18. The van der Waals surface area contributed by atoms with Crippen LogP contribution >= 0.6 is 11.5 Å². The second-order valence-electron chi connectivity index (χ2n) is 10.7. The molecule has 2 bridgehead atoms. The molecule has 0 unspecified atom stereocenters. The van der Waals surface area contributed by atoms with Crippen molar-refractivity contribution in [3.63, 3.8) is 0 Å². The number of aliphatic hydroxyl groups excluding tert-OH is 1. The third-order valence-corrected chi connectivity index (χ3v) is 9.38. The van der Waals surface area contributed by atoms with E-state index in [-0.39, 0.29) is 24.8 Å². The molecule has 0 saturated carbocycles. The van der Waals surface area contributed by atoms with Crippen LogP contribution in [0.2, 0.25) is 0 Å². The van der Waals surface area contributed by atoms with E-state index in [4.69, 9.17) is 9.47 Å². The number of rotatable bonds is 6. The zero-order valence-electron chi connectivity index (χ0n) is 21.5. The number of hydrogen-bond acceptors (Lipinski definition) is 9. The smallest absolute Gasteiger partial charge is 0.240 e. The molecule has 4 heterocycles. The molecule has 40 heavy (non-hydrogen) atoms. The van der Waals surface area contributed by atoms with Gasteiger partial charge < -0.3 is 14.6 Å². The molecule has 9 nitrogen and oxygen atoms in total. The first-order valence-electron chi connectivity index (χ1n) is 13.0. The van der Waals surface area contributed by atoms with Crippen LogP contribution in [0.4, 0.5) is 5.69 Å². The fourth-order valence-corrected chi connectivity index (χ4v) is 7.31. The zero-order valence-corrected chi connectivity index (χ0v) is 22.3. The highest BCUT2D eigenvalue weighted by Gasteiger charge is 2.77. The minimum Gasteiger partial charge on any atom is -0.493 e. The van der Waals surface area contributed by atoms with Gasteiger partial charge >= 0.3 is 0 Å². The third-order valence-electron chi connectivity index (χ3n) is 8.67. The predicted molar refractivity (Wildman–Crippen MR) is 146 cm³/mol. The lowest BCUT2D eigenvalue weighted by Crippen LogP contribution is -2.49. The average molecular weight is 553 g/mol. The number of carbonyl (C=O) groups is 2.